The molecule has 0 spiro atoms. The third kappa shape index (κ3) is 4.17. The molecule has 1 aromatic heterocycles. The van der Waals surface area contributed by atoms with E-state index in [4.69, 9.17) is 9.47 Å². The van der Waals surface area contributed by atoms with Crippen molar-refractivity contribution < 1.29 is 14.3 Å². The smallest absolute Gasteiger partial charge is 0.273 e. The van der Waals surface area contributed by atoms with E-state index < -0.39 is 0 Å². The van der Waals surface area contributed by atoms with E-state index in [9.17, 15) is 4.79 Å². The number of hydrogen-bond acceptors (Lipinski definition) is 5. The first-order valence-electron chi connectivity index (χ1n) is 8.92. The molecule has 6 heteroatoms. The fourth-order valence-electron chi connectivity index (χ4n) is 3.02. The van der Waals surface area contributed by atoms with Crippen LogP contribution in [0.25, 0.3) is 10.6 Å². The lowest BCUT2D eigenvalue weighted by Gasteiger charge is -2.17. The number of carbonyl (C=O) groups is 1. The summed E-state index contributed by atoms with van der Waals surface area (Å²) in [5, 5.41) is 2.57. The summed E-state index contributed by atoms with van der Waals surface area (Å²) in [4.78, 5) is 19.1. The summed E-state index contributed by atoms with van der Waals surface area (Å²) in [6.07, 6.45) is 0. The highest BCUT2D eigenvalue weighted by Crippen LogP contribution is 2.33. The van der Waals surface area contributed by atoms with E-state index >= 15 is 0 Å². The molecule has 0 aliphatic carbocycles. The molecule has 0 radical (unpaired) electrons. The molecule has 5 nitrogen and oxygen atoms in total. The van der Waals surface area contributed by atoms with Gasteiger partial charge in [0.2, 0.25) is 0 Å². The van der Waals surface area contributed by atoms with Gasteiger partial charge < -0.3 is 14.4 Å². The van der Waals surface area contributed by atoms with E-state index in [1.54, 1.807) is 31.5 Å². The van der Waals surface area contributed by atoms with Crippen molar-refractivity contribution in [1.29, 1.82) is 0 Å². The molecule has 0 saturated heterocycles. The molecule has 28 heavy (non-hydrogen) atoms. The molecule has 0 aliphatic rings. The predicted molar refractivity (Wildman–Crippen MR) is 112 cm³/mol. The molecule has 3 aromatic rings. The summed E-state index contributed by atoms with van der Waals surface area (Å²) >= 11 is 1.44. The van der Waals surface area contributed by atoms with Crippen molar-refractivity contribution >= 4 is 17.2 Å². The molecule has 0 aliphatic heterocycles. The number of benzene rings is 2. The first kappa shape index (κ1) is 19.9. The fourth-order valence-corrected chi connectivity index (χ4v) is 3.81. The molecule has 3 rings (SSSR count). The van der Waals surface area contributed by atoms with Crippen LogP contribution in [0, 0.1) is 13.8 Å². The topological polar surface area (TPSA) is 51.7 Å². The number of ether oxygens (including phenoxy) is 2. The van der Waals surface area contributed by atoms with Crippen LogP contribution in [0.3, 0.4) is 0 Å². The van der Waals surface area contributed by atoms with Crippen molar-refractivity contribution in [1.82, 2.24) is 9.88 Å². The molecular weight excluding hydrogens is 372 g/mol. The summed E-state index contributed by atoms with van der Waals surface area (Å²) in [6, 6.07) is 11.9. The zero-order valence-corrected chi connectivity index (χ0v) is 17.6. The van der Waals surface area contributed by atoms with Gasteiger partial charge in [0, 0.05) is 24.5 Å². The van der Waals surface area contributed by atoms with E-state index in [1.165, 1.54) is 22.5 Å². The molecule has 2 aromatic carbocycles. The minimum absolute atomic E-state index is 0.0945. The third-order valence-electron chi connectivity index (χ3n) is 4.61. The first-order valence-corrected chi connectivity index (χ1v) is 9.80. The summed E-state index contributed by atoms with van der Waals surface area (Å²) in [5.74, 6) is 1.20. The van der Waals surface area contributed by atoms with Gasteiger partial charge in [0.25, 0.3) is 5.91 Å². The number of nitrogens with zero attached hydrogens (tertiary/aromatic N) is 2. The van der Waals surface area contributed by atoms with E-state index in [1.807, 2.05) is 18.2 Å². The van der Waals surface area contributed by atoms with Crippen LogP contribution >= 0.6 is 11.3 Å². The van der Waals surface area contributed by atoms with Crippen molar-refractivity contribution in [3.8, 4) is 22.1 Å². The Morgan fingerprint density at radius 3 is 2.50 bits per heavy atom. The number of rotatable bonds is 6. The molecule has 0 bridgehead atoms. The zero-order chi connectivity index (χ0) is 20.3. The van der Waals surface area contributed by atoms with Crippen LogP contribution in [0.1, 0.15) is 27.2 Å². The molecule has 146 valence electrons. The van der Waals surface area contributed by atoms with Crippen LogP contribution in [0.15, 0.2) is 41.8 Å². The Kier molecular flexibility index (Phi) is 5.99. The minimum atomic E-state index is -0.0945. The van der Waals surface area contributed by atoms with Gasteiger partial charge in [0.15, 0.2) is 11.5 Å². The summed E-state index contributed by atoms with van der Waals surface area (Å²) < 4.78 is 10.6. The predicted octanol–water partition coefficient (Wildman–Crippen LogP) is 4.72. The summed E-state index contributed by atoms with van der Waals surface area (Å²) in [5.41, 5.74) is 4.87. The van der Waals surface area contributed by atoms with Crippen molar-refractivity contribution in [2.45, 2.75) is 20.4 Å². The van der Waals surface area contributed by atoms with Gasteiger partial charge in [-0.1, -0.05) is 23.8 Å². The SMILES string of the molecule is COc1ccc(-c2nc(C(=O)N(C)Cc3ccc(C)cc3C)cs2)cc1OC. The number of aryl methyl sites for hydroxylation is 2. The monoisotopic (exact) mass is 396 g/mol. The fraction of sp³-hybridized carbons (Fsp3) is 0.273. The number of methoxy groups -OCH3 is 2. The molecule has 1 heterocycles. The van der Waals surface area contributed by atoms with Gasteiger partial charge in [-0.25, -0.2) is 4.98 Å². The second-order valence-corrected chi connectivity index (χ2v) is 7.56. The Balaban J connectivity index is 1.78. The Labute approximate surface area is 169 Å². The van der Waals surface area contributed by atoms with Crippen LogP contribution in [0.5, 0.6) is 11.5 Å². The molecule has 1 amide bonds. The van der Waals surface area contributed by atoms with E-state index in [2.05, 4.69) is 37.0 Å². The highest BCUT2D eigenvalue weighted by Gasteiger charge is 2.18. The Morgan fingerprint density at radius 1 is 1.07 bits per heavy atom. The van der Waals surface area contributed by atoms with Crippen LogP contribution < -0.4 is 9.47 Å². The van der Waals surface area contributed by atoms with E-state index in [-0.39, 0.29) is 5.91 Å². The number of thiazole rings is 1. The molecular formula is C22H24N2O3S. The van der Waals surface area contributed by atoms with Crippen molar-refractivity contribution in [3.63, 3.8) is 0 Å². The summed E-state index contributed by atoms with van der Waals surface area (Å²) in [7, 11) is 5.00. The molecule has 0 N–H and O–H groups in total. The van der Waals surface area contributed by atoms with Crippen molar-refractivity contribution in [2.24, 2.45) is 0 Å². The lowest BCUT2D eigenvalue weighted by Crippen LogP contribution is -2.26. The average molecular weight is 397 g/mol. The largest absolute Gasteiger partial charge is 0.493 e. The standard InChI is InChI=1S/C22H24N2O3S/c1-14-6-7-17(15(2)10-14)12-24(3)22(25)18-13-28-21(23-18)16-8-9-19(26-4)20(11-16)27-5/h6-11,13H,12H2,1-5H3. The van der Waals surface area contributed by atoms with Gasteiger partial charge in [0.1, 0.15) is 10.7 Å². The zero-order valence-electron chi connectivity index (χ0n) is 16.8. The lowest BCUT2D eigenvalue weighted by molar-refractivity contribution is 0.0780. The molecule has 0 unspecified atom stereocenters. The van der Waals surface area contributed by atoms with E-state index in [0.29, 0.717) is 23.7 Å². The maximum atomic E-state index is 12.8. The Bertz CT molecular complexity index is 997. The number of amides is 1. The second-order valence-electron chi connectivity index (χ2n) is 6.70. The average Bonchev–Trinajstić information content (AvgIpc) is 3.19. The minimum Gasteiger partial charge on any atom is -0.493 e. The van der Waals surface area contributed by atoms with Gasteiger partial charge in [-0.15, -0.1) is 11.3 Å². The highest BCUT2D eigenvalue weighted by molar-refractivity contribution is 7.13. The normalized spacial score (nSPS) is 10.6. The van der Waals surface area contributed by atoms with Gasteiger partial charge in [0.05, 0.1) is 14.2 Å². The maximum absolute atomic E-state index is 12.8. The van der Waals surface area contributed by atoms with Crippen LogP contribution in [0.2, 0.25) is 0 Å². The van der Waals surface area contributed by atoms with Crippen molar-refractivity contribution in [2.75, 3.05) is 21.3 Å². The molecule has 0 atom stereocenters. The lowest BCUT2D eigenvalue weighted by atomic mass is 10.1. The highest BCUT2D eigenvalue weighted by atomic mass is 32.1. The quantitative estimate of drug-likeness (QED) is 0.605. The van der Waals surface area contributed by atoms with Gasteiger partial charge in [-0.05, 0) is 43.2 Å². The van der Waals surface area contributed by atoms with Gasteiger partial charge in [-0.3, -0.25) is 4.79 Å². The first-order chi connectivity index (χ1) is 13.4. The van der Waals surface area contributed by atoms with Crippen LogP contribution in [-0.4, -0.2) is 37.1 Å². The third-order valence-corrected chi connectivity index (χ3v) is 5.50. The molecule has 0 saturated carbocycles. The van der Waals surface area contributed by atoms with Gasteiger partial charge >= 0.3 is 0 Å². The van der Waals surface area contributed by atoms with E-state index in [0.717, 1.165) is 16.1 Å². The number of hydrogen-bond donors (Lipinski definition) is 0. The van der Waals surface area contributed by atoms with Crippen molar-refractivity contribution in [3.05, 3.63) is 64.2 Å². The van der Waals surface area contributed by atoms with Crippen LogP contribution in [-0.2, 0) is 6.54 Å². The number of carbonyl (C=O) groups excluding carboxylic acids is 1. The number of aromatic nitrogens is 1. The summed E-state index contributed by atoms with van der Waals surface area (Å²) in [6.45, 7) is 4.68. The second kappa shape index (κ2) is 8.44. The Hall–Kier alpha value is -2.86. The Morgan fingerprint density at radius 2 is 1.82 bits per heavy atom. The van der Waals surface area contributed by atoms with Crippen LogP contribution in [0.4, 0.5) is 0 Å². The molecule has 0 fully saturated rings. The van der Waals surface area contributed by atoms with Gasteiger partial charge in [-0.2, -0.15) is 0 Å². The maximum Gasteiger partial charge on any atom is 0.273 e.